The summed E-state index contributed by atoms with van der Waals surface area (Å²) >= 11 is 5.76. The molecule has 0 aliphatic carbocycles. The predicted molar refractivity (Wildman–Crippen MR) is 53.9 cm³/mol. The van der Waals surface area contributed by atoms with Crippen LogP contribution in [0.2, 0.25) is 5.02 Å². The average Bonchev–Trinajstić information content (AvgIpc) is 2.16. The molecule has 0 amide bonds. The van der Waals surface area contributed by atoms with Crippen LogP contribution in [0.5, 0.6) is 5.88 Å². The average molecular weight is 211 g/mol. The molecule has 0 radical (unpaired) electrons. The number of fused-ring (bicyclic) bond motifs is 1. The summed E-state index contributed by atoms with van der Waals surface area (Å²) in [6.45, 7) is 0. The van der Waals surface area contributed by atoms with Gasteiger partial charge < -0.3 is 9.72 Å². The topological polar surface area (TPSA) is 55.0 Å². The van der Waals surface area contributed by atoms with Gasteiger partial charge in [0.15, 0.2) is 0 Å². The number of hydrogen-bond donors (Lipinski definition) is 1. The van der Waals surface area contributed by atoms with Crippen molar-refractivity contribution in [2.75, 3.05) is 7.11 Å². The third kappa shape index (κ3) is 1.44. The zero-order chi connectivity index (χ0) is 10.1. The molecule has 5 heteroatoms. The summed E-state index contributed by atoms with van der Waals surface area (Å²) in [5.74, 6) is 0.0554. The Morgan fingerprint density at radius 1 is 1.50 bits per heavy atom. The Balaban J connectivity index is 2.79. The van der Waals surface area contributed by atoms with E-state index in [2.05, 4.69) is 9.97 Å². The number of rotatable bonds is 1. The number of nitrogens with one attached hydrogen (secondary N) is 1. The van der Waals surface area contributed by atoms with Gasteiger partial charge in [0.1, 0.15) is 0 Å². The molecule has 0 aliphatic heterocycles. The monoisotopic (exact) mass is 210 g/mol. The second kappa shape index (κ2) is 3.31. The molecule has 2 aromatic rings. The van der Waals surface area contributed by atoms with Gasteiger partial charge in [0.2, 0.25) is 0 Å². The van der Waals surface area contributed by atoms with E-state index in [1.165, 1.54) is 7.11 Å². The minimum atomic E-state index is -0.359. The highest BCUT2D eigenvalue weighted by Crippen LogP contribution is 2.15. The van der Waals surface area contributed by atoms with E-state index in [0.717, 1.165) is 0 Å². The van der Waals surface area contributed by atoms with Crippen LogP contribution in [0.25, 0.3) is 11.0 Å². The van der Waals surface area contributed by atoms with Gasteiger partial charge >= 0.3 is 5.56 Å². The van der Waals surface area contributed by atoms with Crippen LogP contribution in [0.4, 0.5) is 0 Å². The Hall–Kier alpha value is -1.55. The number of aromatic nitrogens is 2. The number of halogens is 1. The molecule has 4 nitrogen and oxygen atoms in total. The molecule has 0 spiro atoms. The molecule has 0 saturated heterocycles. The number of ether oxygens (including phenoxy) is 1. The van der Waals surface area contributed by atoms with Crippen molar-refractivity contribution < 1.29 is 4.74 Å². The largest absolute Gasteiger partial charge is 0.477 e. The molecule has 0 fully saturated rings. The van der Waals surface area contributed by atoms with Crippen molar-refractivity contribution in [1.82, 2.24) is 9.97 Å². The predicted octanol–water partition coefficient (Wildman–Crippen LogP) is 1.59. The second-order valence-corrected chi connectivity index (χ2v) is 3.17. The quantitative estimate of drug-likeness (QED) is 0.778. The molecule has 72 valence electrons. The Morgan fingerprint density at radius 3 is 3.00 bits per heavy atom. The Kier molecular flexibility index (Phi) is 2.13. The lowest BCUT2D eigenvalue weighted by Gasteiger charge is -2.00. The summed E-state index contributed by atoms with van der Waals surface area (Å²) in [5, 5.41) is 0.556. The van der Waals surface area contributed by atoms with E-state index >= 15 is 0 Å². The molecule has 2 rings (SSSR count). The molecule has 1 heterocycles. The van der Waals surface area contributed by atoms with Crippen molar-refractivity contribution in [3.05, 3.63) is 33.6 Å². The molecule has 0 bridgehead atoms. The van der Waals surface area contributed by atoms with Gasteiger partial charge in [-0.2, -0.15) is 0 Å². The molecule has 0 aliphatic rings. The molecule has 0 saturated carbocycles. The van der Waals surface area contributed by atoms with Gasteiger partial charge in [-0.15, -0.1) is 0 Å². The van der Waals surface area contributed by atoms with Crippen LogP contribution in [0, 0.1) is 0 Å². The van der Waals surface area contributed by atoms with E-state index in [9.17, 15) is 4.79 Å². The van der Waals surface area contributed by atoms with Gasteiger partial charge in [-0.3, -0.25) is 4.79 Å². The van der Waals surface area contributed by atoms with Crippen LogP contribution < -0.4 is 10.3 Å². The minimum absolute atomic E-state index is 0.0554. The second-order valence-electron chi connectivity index (χ2n) is 2.74. The van der Waals surface area contributed by atoms with Crippen molar-refractivity contribution in [3.63, 3.8) is 0 Å². The highest BCUT2D eigenvalue weighted by atomic mass is 35.5. The van der Waals surface area contributed by atoms with Gasteiger partial charge in [0.05, 0.1) is 18.1 Å². The van der Waals surface area contributed by atoms with Crippen LogP contribution in [0.3, 0.4) is 0 Å². The first-order valence-corrected chi connectivity index (χ1v) is 4.32. The Bertz CT molecular complexity index is 536. The minimum Gasteiger partial charge on any atom is -0.477 e. The van der Waals surface area contributed by atoms with Crippen molar-refractivity contribution in [2.24, 2.45) is 0 Å². The van der Waals surface area contributed by atoms with E-state index in [-0.39, 0.29) is 11.4 Å². The van der Waals surface area contributed by atoms with Crippen molar-refractivity contribution in [1.29, 1.82) is 0 Å². The summed E-state index contributed by atoms with van der Waals surface area (Å²) in [4.78, 5) is 17.9. The molecular formula is C9H7ClN2O2. The number of aromatic amines is 1. The third-order valence-electron chi connectivity index (χ3n) is 1.82. The number of H-pyrrole nitrogens is 1. The molecule has 1 aromatic heterocycles. The molecule has 1 N–H and O–H groups in total. The zero-order valence-electron chi connectivity index (χ0n) is 7.37. The van der Waals surface area contributed by atoms with E-state index < -0.39 is 0 Å². The summed E-state index contributed by atoms with van der Waals surface area (Å²) in [5.41, 5.74) is 0.886. The zero-order valence-corrected chi connectivity index (χ0v) is 8.13. The third-order valence-corrected chi connectivity index (χ3v) is 2.05. The smallest absolute Gasteiger partial charge is 0.311 e. The number of nitrogens with zero attached hydrogens (tertiary/aromatic N) is 1. The molecule has 0 unspecified atom stereocenters. The van der Waals surface area contributed by atoms with Gasteiger partial charge in [-0.05, 0) is 18.2 Å². The van der Waals surface area contributed by atoms with E-state index in [1.54, 1.807) is 18.2 Å². The van der Waals surface area contributed by atoms with Crippen molar-refractivity contribution in [2.45, 2.75) is 0 Å². The summed E-state index contributed by atoms with van der Waals surface area (Å²) in [6.07, 6.45) is 0. The van der Waals surface area contributed by atoms with E-state index in [0.29, 0.717) is 16.1 Å². The van der Waals surface area contributed by atoms with Gasteiger partial charge in [0.25, 0.3) is 5.88 Å². The first-order chi connectivity index (χ1) is 6.70. The first-order valence-electron chi connectivity index (χ1n) is 3.94. The van der Waals surface area contributed by atoms with Gasteiger partial charge in [0, 0.05) is 5.02 Å². The van der Waals surface area contributed by atoms with Crippen molar-refractivity contribution in [3.8, 4) is 5.88 Å². The van der Waals surface area contributed by atoms with Gasteiger partial charge in [-0.1, -0.05) is 11.6 Å². The fraction of sp³-hybridized carbons (Fsp3) is 0.111. The molecule has 0 atom stereocenters. The lowest BCUT2D eigenvalue weighted by Crippen LogP contribution is -2.11. The van der Waals surface area contributed by atoms with Crippen LogP contribution in [0.1, 0.15) is 0 Å². The maximum Gasteiger partial charge on any atom is 0.311 e. The maximum absolute atomic E-state index is 11.3. The lowest BCUT2D eigenvalue weighted by molar-refractivity contribution is 0.393. The fourth-order valence-electron chi connectivity index (χ4n) is 1.18. The normalized spacial score (nSPS) is 10.4. The standard InChI is InChI=1S/C9H7ClN2O2/c1-14-9-8(13)11-7-4-5(10)2-3-6(7)12-9/h2-4H,1H3,(H,11,13). The van der Waals surface area contributed by atoms with Crippen LogP contribution in [0.15, 0.2) is 23.0 Å². The fourth-order valence-corrected chi connectivity index (χ4v) is 1.35. The van der Waals surface area contributed by atoms with E-state index in [4.69, 9.17) is 16.3 Å². The van der Waals surface area contributed by atoms with Crippen molar-refractivity contribution >= 4 is 22.6 Å². The number of methoxy groups -OCH3 is 1. The summed E-state index contributed by atoms with van der Waals surface area (Å²) < 4.78 is 4.80. The summed E-state index contributed by atoms with van der Waals surface area (Å²) in [6, 6.07) is 5.06. The molecule has 14 heavy (non-hydrogen) atoms. The lowest BCUT2D eigenvalue weighted by atomic mass is 10.3. The highest BCUT2D eigenvalue weighted by Gasteiger charge is 2.03. The Labute approximate surface area is 84.5 Å². The molecular weight excluding hydrogens is 204 g/mol. The van der Waals surface area contributed by atoms with Crippen LogP contribution in [-0.4, -0.2) is 17.1 Å². The number of benzene rings is 1. The summed E-state index contributed by atoms with van der Waals surface area (Å²) in [7, 11) is 1.40. The maximum atomic E-state index is 11.3. The van der Waals surface area contributed by atoms with Gasteiger partial charge in [-0.25, -0.2) is 4.98 Å². The number of hydrogen-bond acceptors (Lipinski definition) is 3. The Morgan fingerprint density at radius 2 is 2.29 bits per heavy atom. The SMILES string of the molecule is COc1nc2ccc(Cl)cc2[nH]c1=O. The van der Waals surface area contributed by atoms with Crippen LogP contribution >= 0.6 is 11.6 Å². The molecule has 1 aromatic carbocycles. The first kappa shape index (κ1) is 9.02. The van der Waals surface area contributed by atoms with Crippen LogP contribution in [-0.2, 0) is 0 Å². The van der Waals surface area contributed by atoms with E-state index in [1.807, 2.05) is 0 Å². The highest BCUT2D eigenvalue weighted by molar-refractivity contribution is 6.31.